The summed E-state index contributed by atoms with van der Waals surface area (Å²) in [6.07, 6.45) is 0.520. The monoisotopic (exact) mass is 330 g/mol. The van der Waals surface area contributed by atoms with Gasteiger partial charge < -0.3 is 5.73 Å². The number of rotatable bonds is 2. The van der Waals surface area contributed by atoms with Crippen molar-refractivity contribution in [3.63, 3.8) is 0 Å². The van der Waals surface area contributed by atoms with E-state index in [1.807, 2.05) is 13.8 Å². The van der Waals surface area contributed by atoms with Gasteiger partial charge in [-0.15, -0.1) is 0 Å². The molecule has 1 atom stereocenters. The van der Waals surface area contributed by atoms with E-state index in [1.165, 1.54) is 4.57 Å². The summed E-state index contributed by atoms with van der Waals surface area (Å²) in [7, 11) is 0. The summed E-state index contributed by atoms with van der Waals surface area (Å²) in [5.74, 6) is -0.323. The lowest BCUT2D eigenvalue weighted by Crippen LogP contribution is -2.45. The number of fused-ring (bicyclic) bond motifs is 1. The Morgan fingerprint density at radius 2 is 2.00 bits per heavy atom. The molecule has 0 bridgehead atoms. The maximum Gasteiger partial charge on any atom is 0.262 e. The molecule has 1 saturated heterocycles. The highest BCUT2D eigenvalue weighted by atomic mass is 16.2. The number of nitrogens with two attached hydrogens (primary N) is 1. The van der Waals surface area contributed by atoms with Crippen LogP contribution in [0.2, 0.25) is 0 Å². The molecule has 7 heteroatoms. The minimum Gasteiger partial charge on any atom is -0.326 e. The third-order valence-corrected chi connectivity index (χ3v) is 3.90. The number of imide groups is 1. The molecule has 0 aliphatic carbocycles. The molecule has 2 aromatic rings. The lowest BCUT2D eigenvalue weighted by molar-refractivity contribution is -0.135. The molecule has 7 nitrogen and oxygen atoms in total. The Labute approximate surface area is 139 Å². The zero-order chi connectivity index (χ0) is 17.9. The molecule has 1 aliphatic heterocycles. The second-order valence-electron chi connectivity index (χ2n) is 5.36. The number of carbonyl (C=O) groups is 2. The van der Waals surface area contributed by atoms with Gasteiger partial charge in [-0.1, -0.05) is 19.9 Å². The highest BCUT2D eigenvalue weighted by Gasteiger charge is 2.30. The van der Waals surface area contributed by atoms with Gasteiger partial charge in [-0.3, -0.25) is 24.3 Å². The van der Waals surface area contributed by atoms with Crippen molar-refractivity contribution in [1.29, 1.82) is 0 Å². The number of nitrogens with zero attached hydrogens (tertiary/aromatic N) is 2. The number of nitrogens with one attached hydrogen (secondary N) is 1. The molecule has 0 radical (unpaired) electrons. The highest BCUT2D eigenvalue weighted by molar-refractivity contribution is 5.99. The SMILES string of the molecule is CC.Cc1nc2cc(CN)ccc2c(=O)n1C1CCC(=O)NC1=O. The van der Waals surface area contributed by atoms with E-state index in [0.717, 1.165) is 5.56 Å². The Morgan fingerprint density at radius 3 is 2.62 bits per heavy atom. The molecule has 3 N–H and O–H groups in total. The molecular formula is C17H22N4O3. The van der Waals surface area contributed by atoms with Crippen molar-refractivity contribution in [1.82, 2.24) is 14.9 Å². The molecule has 1 aromatic heterocycles. The van der Waals surface area contributed by atoms with Gasteiger partial charge in [0.05, 0.1) is 10.9 Å². The van der Waals surface area contributed by atoms with Gasteiger partial charge in [0.15, 0.2) is 0 Å². The van der Waals surface area contributed by atoms with Gasteiger partial charge in [0.25, 0.3) is 5.56 Å². The van der Waals surface area contributed by atoms with Crippen LogP contribution >= 0.6 is 0 Å². The Balaban J connectivity index is 0.00000100. The second-order valence-corrected chi connectivity index (χ2v) is 5.36. The van der Waals surface area contributed by atoms with E-state index < -0.39 is 11.9 Å². The molecule has 2 heterocycles. The Kier molecular flexibility index (Phi) is 5.46. The minimum atomic E-state index is -0.698. The topological polar surface area (TPSA) is 107 Å². The van der Waals surface area contributed by atoms with Crippen LogP contribution in [0.3, 0.4) is 0 Å². The quantitative estimate of drug-likeness (QED) is 0.804. The lowest BCUT2D eigenvalue weighted by atomic mass is 10.1. The first-order chi connectivity index (χ1) is 11.5. The average Bonchev–Trinajstić information content (AvgIpc) is 2.58. The fourth-order valence-corrected chi connectivity index (χ4v) is 2.78. The summed E-state index contributed by atoms with van der Waals surface area (Å²) in [6, 6.07) is 4.53. The zero-order valence-corrected chi connectivity index (χ0v) is 14.1. The fourth-order valence-electron chi connectivity index (χ4n) is 2.78. The van der Waals surface area contributed by atoms with E-state index in [9.17, 15) is 14.4 Å². The molecule has 0 spiro atoms. The summed E-state index contributed by atoms with van der Waals surface area (Å²) >= 11 is 0. The maximum absolute atomic E-state index is 12.7. The highest BCUT2D eigenvalue weighted by Crippen LogP contribution is 2.20. The van der Waals surface area contributed by atoms with Crippen LogP contribution in [0.15, 0.2) is 23.0 Å². The van der Waals surface area contributed by atoms with Crippen molar-refractivity contribution in [3.05, 3.63) is 39.9 Å². The Morgan fingerprint density at radius 1 is 1.29 bits per heavy atom. The molecule has 1 unspecified atom stereocenters. The summed E-state index contributed by atoms with van der Waals surface area (Å²) in [5, 5.41) is 2.70. The van der Waals surface area contributed by atoms with E-state index in [4.69, 9.17) is 5.73 Å². The van der Waals surface area contributed by atoms with E-state index in [2.05, 4.69) is 10.3 Å². The van der Waals surface area contributed by atoms with Gasteiger partial charge >= 0.3 is 0 Å². The second kappa shape index (κ2) is 7.35. The molecule has 1 fully saturated rings. The number of piperidine rings is 1. The third kappa shape index (κ3) is 3.21. The Hall–Kier alpha value is -2.54. The van der Waals surface area contributed by atoms with Crippen molar-refractivity contribution in [2.45, 2.75) is 46.2 Å². The molecule has 24 heavy (non-hydrogen) atoms. The van der Waals surface area contributed by atoms with E-state index in [-0.39, 0.29) is 17.9 Å². The third-order valence-electron chi connectivity index (χ3n) is 3.90. The van der Waals surface area contributed by atoms with E-state index >= 15 is 0 Å². The van der Waals surface area contributed by atoms with Crippen LogP contribution < -0.4 is 16.6 Å². The molecule has 1 aromatic carbocycles. The zero-order valence-electron chi connectivity index (χ0n) is 14.1. The van der Waals surface area contributed by atoms with Crippen molar-refractivity contribution in [2.24, 2.45) is 5.73 Å². The normalized spacial score (nSPS) is 17.2. The first kappa shape index (κ1) is 17.8. The Bertz CT molecular complexity index is 842. The maximum atomic E-state index is 12.7. The molecular weight excluding hydrogens is 308 g/mol. The van der Waals surface area contributed by atoms with Gasteiger partial charge in [0, 0.05) is 13.0 Å². The van der Waals surface area contributed by atoms with Crippen LogP contribution in [-0.2, 0) is 16.1 Å². The van der Waals surface area contributed by atoms with Gasteiger partial charge in [0.1, 0.15) is 11.9 Å². The minimum absolute atomic E-state index is 0.215. The largest absolute Gasteiger partial charge is 0.326 e. The van der Waals surface area contributed by atoms with E-state index in [1.54, 1.807) is 25.1 Å². The molecule has 1 aliphatic rings. The van der Waals surface area contributed by atoms with Gasteiger partial charge in [0.2, 0.25) is 11.8 Å². The van der Waals surface area contributed by atoms with Crippen molar-refractivity contribution in [2.75, 3.05) is 0 Å². The van der Waals surface area contributed by atoms with Crippen molar-refractivity contribution >= 4 is 22.7 Å². The summed E-state index contributed by atoms with van der Waals surface area (Å²) in [5.41, 5.74) is 6.77. The predicted octanol–water partition coefficient (Wildman–Crippen LogP) is 1.17. The van der Waals surface area contributed by atoms with Gasteiger partial charge in [-0.05, 0) is 31.0 Å². The summed E-state index contributed by atoms with van der Waals surface area (Å²) in [6.45, 7) is 6.05. The van der Waals surface area contributed by atoms with Crippen LogP contribution in [-0.4, -0.2) is 21.4 Å². The molecule has 0 saturated carbocycles. The summed E-state index contributed by atoms with van der Waals surface area (Å²) in [4.78, 5) is 40.4. The number of aromatic nitrogens is 2. The standard InChI is InChI=1S/C15H16N4O3.C2H6/c1-8-17-11-6-9(7-16)2-3-10(11)15(22)19(8)12-4-5-13(20)18-14(12)21;1-2/h2-3,6,12H,4-5,7,16H2,1H3,(H,18,20,21);1-2H3. The van der Waals surface area contributed by atoms with Gasteiger partial charge in [-0.25, -0.2) is 4.98 Å². The van der Waals surface area contributed by atoms with E-state index in [0.29, 0.717) is 29.7 Å². The first-order valence-corrected chi connectivity index (χ1v) is 8.07. The molecule has 2 amide bonds. The van der Waals surface area contributed by atoms with Crippen LogP contribution in [0.4, 0.5) is 0 Å². The van der Waals surface area contributed by atoms with Gasteiger partial charge in [-0.2, -0.15) is 0 Å². The first-order valence-electron chi connectivity index (χ1n) is 8.07. The fraction of sp³-hybridized carbons (Fsp3) is 0.412. The lowest BCUT2D eigenvalue weighted by Gasteiger charge is -2.24. The number of carbonyl (C=O) groups excluding carboxylic acids is 2. The van der Waals surface area contributed by atoms with Crippen LogP contribution in [0, 0.1) is 6.92 Å². The van der Waals surface area contributed by atoms with Crippen LogP contribution in [0.1, 0.15) is 44.1 Å². The number of benzene rings is 1. The smallest absolute Gasteiger partial charge is 0.262 e. The average molecular weight is 330 g/mol. The predicted molar refractivity (Wildman–Crippen MR) is 91.4 cm³/mol. The number of amides is 2. The van der Waals surface area contributed by atoms with Crippen LogP contribution in [0.5, 0.6) is 0 Å². The number of hydrogen-bond donors (Lipinski definition) is 2. The van der Waals surface area contributed by atoms with Crippen molar-refractivity contribution < 1.29 is 9.59 Å². The van der Waals surface area contributed by atoms with Crippen molar-refractivity contribution in [3.8, 4) is 0 Å². The molecule has 3 rings (SSSR count). The number of aryl methyl sites for hydroxylation is 1. The van der Waals surface area contributed by atoms with Crippen LogP contribution in [0.25, 0.3) is 10.9 Å². The summed E-state index contributed by atoms with van der Waals surface area (Å²) < 4.78 is 1.37. The molecule has 128 valence electrons. The number of hydrogen-bond acceptors (Lipinski definition) is 5.